The van der Waals surface area contributed by atoms with Crippen LogP contribution in [0.25, 0.3) is 0 Å². The van der Waals surface area contributed by atoms with Crippen molar-refractivity contribution in [1.29, 1.82) is 0 Å². The lowest BCUT2D eigenvalue weighted by molar-refractivity contribution is -0.144. The standard InChI is InChI=1S/C19H30N2O3/c1-16(2)21-9-10-23-15-19(14-21)13-20(8-11-24-19)12-17-4-6-18(22-3)7-5-17/h4-7,16H,8-15H2,1-3H3/t19-/m0/s1. The molecule has 2 aliphatic rings. The summed E-state index contributed by atoms with van der Waals surface area (Å²) < 4.78 is 17.4. The molecule has 0 radical (unpaired) electrons. The summed E-state index contributed by atoms with van der Waals surface area (Å²) in [4.78, 5) is 4.96. The van der Waals surface area contributed by atoms with Crippen LogP contribution in [0.2, 0.25) is 0 Å². The highest BCUT2D eigenvalue weighted by molar-refractivity contribution is 5.27. The van der Waals surface area contributed by atoms with Gasteiger partial charge in [0.15, 0.2) is 0 Å². The molecule has 0 aliphatic carbocycles. The molecule has 134 valence electrons. The van der Waals surface area contributed by atoms with Crippen LogP contribution in [0.3, 0.4) is 0 Å². The molecule has 0 saturated carbocycles. The molecule has 5 nitrogen and oxygen atoms in total. The molecule has 1 atom stereocenters. The summed E-state index contributed by atoms with van der Waals surface area (Å²) in [6.07, 6.45) is 0. The molecule has 3 rings (SSSR count). The van der Waals surface area contributed by atoms with E-state index in [1.54, 1.807) is 7.11 Å². The topological polar surface area (TPSA) is 34.2 Å². The Labute approximate surface area is 145 Å². The molecular formula is C19H30N2O3. The number of hydrogen-bond donors (Lipinski definition) is 0. The van der Waals surface area contributed by atoms with E-state index in [0.717, 1.165) is 51.7 Å². The lowest BCUT2D eigenvalue weighted by atomic mass is 10.0. The van der Waals surface area contributed by atoms with Crippen molar-refractivity contribution < 1.29 is 14.2 Å². The molecule has 2 fully saturated rings. The van der Waals surface area contributed by atoms with Gasteiger partial charge in [-0.1, -0.05) is 12.1 Å². The van der Waals surface area contributed by atoms with E-state index in [4.69, 9.17) is 14.2 Å². The minimum Gasteiger partial charge on any atom is -0.497 e. The maximum absolute atomic E-state index is 6.24. The number of ether oxygens (including phenoxy) is 3. The van der Waals surface area contributed by atoms with Gasteiger partial charge in [-0.05, 0) is 31.5 Å². The second-order valence-electron chi connectivity index (χ2n) is 7.21. The average Bonchev–Trinajstić information content (AvgIpc) is 2.78. The van der Waals surface area contributed by atoms with E-state index in [0.29, 0.717) is 12.6 Å². The first kappa shape index (κ1) is 17.7. The fourth-order valence-corrected chi connectivity index (χ4v) is 3.61. The largest absolute Gasteiger partial charge is 0.497 e. The Morgan fingerprint density at radius 3 is 2.62 bits per heavy atom. The van der Waals surface area contributed by atoms with Gasteiger partial charge in [0.05, 0.1) is 26.9 Å². The zero-order valence-corrected chi connectivity index (χ0v) is 15.2. The first-order valence-corrected chi connectivity index (χ1v) is 8.91. The third-order valence-electron chi connectivity index (χ3n) is 5.00. The van der Waals surface area contributed by atoms with E-state index >= 15 is 0 Å². The molecule has 1 aromatic rings. The zero-order chi connectivity index (χ0) is 17.0. The summed E-state index contributed by atoms with van der Waals surface area (Å²) in [5, 5.41) is 0. The highest BCUT2D eigenvalue weighted by Crippen LogP contribution is 2.25. The molecule has 0 N–H and O–H groups in total. The van der Waals surface area contributed by atoms with Crippen LogP contribution < -0.4 is 4.74 Å². The van der Waals surface area contributed by atoms with Crippen LogP contribution in [0.5, 0.6) is 5.75 Å². The van der Waals surface area contributed by atoms with Crippen LogP contribution in [0.15, 0.2) is 24.3 Å². The van der Waals surface area contributed by atoms with Crippen molar-refractivity contribution in [3.05, 3.63) is 29.8 Å². The fraction of sp³-hybridized carbons (Fsp3) is 0.684. The fourth-order valence-electron chi connectivity index (χ4n) is 3.61. The van der Waals surface area contributed by atoms with Crippen molar-refractivity contribution in [3.63, 3.8) is 0 Å². The number of rotatable bonds is 4. The predicted molar refractivity (Wildman–Crippen MR) is 94.5 cm³/mol. The van der Waals surface area contributed by atoms with E-state index in [-0.39, 0.29) is 5.60 Å². The quantitative estimate of drug-likeness (QED) is 0.841. The van der Waals surface area contributed by atoms with Gasteiger partial charge in [0.1, 0.15) is 11.4 Å². The maximum Gasteiger partial charge on any atom is 0.118 e. The van der Waals surface area contributed by atoms with E-state index in [1.165, 1.54) is 5.56 Å². The van der Waals surface area contributed by atoms with Crippen LogP contribution in [-0.4, -0.2) is 74.6 Å². The lowest BCUT2D eigenvalue weighted by Crippen LogP contribution is -2.59. The average molecular weight is 334 g/mol. The Balaban J connectivity index is 1.66. The zero-order valence-electron chi connectivity index (χ0n) is 15.2. The number of nitrogens with zero attached hydrogens (tertiary/aromatic N) is 2. The SMILES string of the molecule is COc1ccc(CN2CCO[C@@]3(COCCN(C(C)C)C3)C2)cc1. The third-order valence-corrected chi connectivity index (χ3v) is 5.00. The molecule has 0 amide bonds. The van der Waals surface area contributed by atoms with Gasteiger partial charge in [-0.25, -0.2) is 0 Å². The van der Waals surface area contributed by atoms with E-state index in [9.17, 15) is 0 Å². The summed E-state index contributed by atoms with van der Waals surface area (Å²) in [6.45, 7) is 11.5. The summed E-state index contributed by atoms with van der Waals surface area (Å²) in [6, 6.07) is 8.86. The summed E-state index contributed by atoms with van der Waals surface area (Å²) >= 11 is 0. The highest BCUT2D eigenvalue weighted by Gasteiger charge is 2.40. The highest BCUT2D eigenvalue weighted by atomic mass is 16.5. The van der Waals surface area contributed by atoms with E-state index in [1.807, 2.05) is 12.1 Å². The Bertz CT molecular complexity index is 520. The van der Waals surface area contributed by atoms with Crippen LogP contribution in [0, 0.1) is 0 Å². The Kier molecular flexibility index (Phi) is 5.76. The maximum atomic E-state index is 6.24. The molecule has 0 bridgehead atoms. The Morgan fingerprint density at radius 2 is 1.92 bits per heavy atom. The number of methoxy groups -OCH3 is 1. The molecule has 2 saturated heterocycles. The minimum atomic E-state index is -0.203. The van der Waals surface area contributed by atoms with Crippen LogP contribution in [0.4, 0.5) is 0 Å². The van der Waals surface area contributed by atoms with Gasteiger partial charge < -0.3 is 14.2 Å². The predicted octanol–water partition coefficient (Wildman–Crippen LogP) is 2.01. The smallest absolute Gasteiger partial charge is 0.118 e. The second-order valence-corrected chi connectivity index (χ2v) is 7.21. The van der Waals surface area contributed by atoms with Gasteiger partial charge in [0, 0.05) is 38.8 Å². The molecular weight excluding hydrogens is 304 g/mol. The molecule has 0 aromatic heterocycles. The number of benzene rings is 1. The van der Waals surface area contributed by atoms with Crippen molar-refractivity contribution in [1.82, 2.24) is 9.80 Å². The molecule has 5 heteroatoms. The normalized spacial score (nSPS) is 26.7. The van der Waals surface area contributed by atoms with Crippen LogP contribution in [-0.2, 0) is 16.0 Å². The molecule has 0 unspecified atom stereocenters. The number of morpholine rings is 1. The van der Waals surface area contributed by atoms with Crippen LogP contribution in [0.1, 0.15) is 19.4 Å². The summed E-state index contributed by atoms with van der Waals surface area (Å²) in [5.41, 5.74) is 1.11. The van der Waals surface area contributed by atoms with Gasteiger partial charge in [-0.2, -0.15) is 0 Å². The van der Waals surface area contributed by atoms with Gasteiger partial charge in [0.25, 0.3) is 0 Å². The van der Waals surface area contributed by atoms with Crippen LogP contribution >= 0.6 is 0 Å². The van der Waals surface area contributed by atoms with E-state index < -0.39 is 0 Å². The second kappa shape index (κ2) is 7.83. The molecule has 2 aliphatic heterocycles. The van der Waals surface area contributed by atoms with Gasteiger partial charge in [-0.15, -0.1) is 0 Å². The molecule has 24 heavy (non-hydrogen) atoms. The lowest BCUT2D eigenvalue weighted by Gasteiger charge is -2.44. The Hall–Kier alpha value is -1.14. The van der Waals surface area contributed by atoms with Crippen molar-refractivity contribution in [2.75, 3.05) is 53.1 Å². The summed E-state index contributed by atoms with van der Waals surface area (Å²) in [7, 11) is 1.70. The first-order chi connectivity index (χ1) is 11.6. The first-order valence-electron chi connectivity index (χ1n) is 8.91. The number of hydrogen-bond acceptors (Lipinski definition) is 5. The van der Waals surface area contributed by atoms with Gasteiger partial charge in [0.2, 0.25) is 0 Å². The molecule has 1 spiro atoms. The summed E-state index contributed by atoms with van der Waals surface area (Å²) in [5.74, 6) is 0.905. The van der Waals surface area contributed by atoms with Crippen molar-refractivity contribution >= 4 is 0 Å². The van der Waals surface area contributed by atoms with Gasteiger partial charge >= 0.3 is 0 Å². The molecule has 1 aromatic carbocycles. The Morgan fingerprint density at radius 1 is 1.12 bits per heavy atom. The third kappa shape index (κ3) is 4.28. The van der Waals surface area contributed by atoms with Crippen molar-refractivity contribution in [2.45, 2.75) is 32.0 Å². The van der Waals surface area contributed by atoms with Gasteiger partial charge in [-0.3, -0.25) is 9.80 Å². The molecule has 2 heterocycles. The van der Waals surface area contributed by atoms with Crippen molar-refractivity contribution in [2.24, 2.45) is 0 Å². The van der Waals surface area contributed by atoms with Crippen molar-refractivity contribution in [3.8, 4) is 5.75 Å². The van der Waals surface area contributed by atoms with E-state index in [2.05, 4.69) is 35.8 Å². The minimum absolute atomic E-state index is 0.203. The monoisotopic (exact) mass is 334 g/mol.